The van der Waals surface area contributed by atoms with Crippen LogP contribution in [0.25, 0.3) is 11.2 Å². The molecule has 46 heavy (non-hydrogen) atoms. The largest absolute Gasteiger partial charge is 0.479 e. The first-order valence-corrected chi connectivity index (χ1v) is 16.7. The number of aromatic amines is 1. The highest BCUT2D eigenvalue weighted by molar-refractivity contribution is 7.54. The Kier molecular flexibility index (Phi) is 14.3. The summed E-state index contributed by atoms with van der Waals surface area (Å²) >= 11 is 0. The number of ether oxygens (including phenoxy) is 4. The monoisotopic (exact) mass is 676 g/mol. The van der Waals surface area contributed by atoms with Crippen LogP contribution in [0.15, 0.2) is 11.1 Å². The smallest absolute Gasteiger partial charge is 0.349 e. The second-order valence-corrected chi connectivity index (χ2v) is 13.5. The number of methoxy groups -OCH3 is 2. The average molecular weight is 677 g/mol. The van der Waals surface area contributed by atoms with E-state index in [-0.39, 0.29) is 30.3 Å². The number of esters is 2. The zero-order valence-corrected chi connectivity index (χ0v) is 29.0. The molecule has 0 saturated carbocycles. The lowest BCUT2D eigenvalue weighted by atomic mass is 9.88. The van der Waals surface area contributed by atoms with Crippen molar-refractivity contribution >= 4 is 30.8 Å². The van der Waals surface area contributed by atoms with E-state index in [9.17, 15) is 29.2 Å². The summed E-state index contributed by atoms with van der Waals surface area (Å²) in [6.45, 7) is 12.6. The number of aliphatic hydroxyl groups is 2. The first kappa shape index (κ1) is 39.3. The number of hydrogen-bond acceptors (Lipinski definition) is 13. The standard InChI is InChI=1S/C28H49N6O11P/c1-11-43-25(36)19(15(3)4)32-46(40,33-20(16(5)6)26(37)44-12-2)45-13-18(41-9)22(35)28(8,39)17(7)34-14-29-21-23(34)30-27(38)31-24(21)42-10/h14-20,22,35,39H,11-13H2,1-10H3,(H,30,31,38)(H2,32,33,40)/t17-,18-,19+,20+,22?,28-/m1/s1. The first-order valence-electron chi connectivity index (χ1n) is 15.0. The molecule has 18 heteroatoms. The molecule has 2 heterocycles. The van der Waals surface area contributed by atoms with Crippen LogP contribution in [0, 0.1) is 11.8 Å². The summed E-state index contributed by atoms with van der Waals surface area (Å²) in [6, 6.07) is -3.14. The molecular formula is C28H49N6O11P. The van der Waals surface area contributed by atoms with Crippen LogP contribution in [0.4, 0.5) is 0 Å². The number of nitrogens with zero attached hydrogens (tertiary/aromatic N) is 3. The summed E-state index contributed by atoms with van der Waals surface area (Å²) in [5.74, 6) is -2.20. The van der Waals surface area contributed by atoms with Gasteiger partial charge in [-0.3, -0.25) is 19.1 Å². The predicted molar refractivity (Wildman–Crippen MR) is 167 cm³/mol. The van der Waals surface area contributed by atoms with Gasteiger partial charge in [0.15, 0.2) is 5.52 Å². The summed E-state index contributed by atoms with van der Waals surface area (Å²) in [5.41, 5.74) is -2.25. The first-order chi connectivity index (χ1) is 21.5. The second kappa shape index (κ2) is 16.8. The fraction of sp³-hybridized carbons (Fsp3) is 0.750. The second-order valence-electron chi connectivity index (χ2n) is 11.6. The molecule has 262 valence electrons. The highest BCUT2D eigenvalue weighted by Gasteiger charge is 2.45. The van der Waals surface area contributed by atoms with Crippen LogP contribution in [-0.4, -0.2) is 106 Å². The molecule has 0 aliphatic carbocycles. The molecule has 1 unspecified atom stereocenters. The molecule has 0 amide bonds. The molecule has 0 spiro atoms. The fourth-order valence-corrected chi connectivity index (χ4v) is 6.73. The van der Waals surface area contributed by atoms with Crippen LogP contribution < -0.4 is 20.6 Å². The van der Waals surface area contributed by atoms with Crippen molar-refractivity contribution in [2.75, 3.05) is 34.0 Å². The van der Waals surface area contributed by atoms with Crippen LogP contribution in [-0.2, 0) is 32.9 Å². The van der Waals surface area contributed by atoms with E-state index >= 15 is 0 Å². The highest BCUT2D eigenvalue weighted by atomic mass is 31.2. The number of carbonyl (C=O) groups is 2. The van der Waals surface area contributed by atoms with Gasteiger partial charge in [-0.2, -0.15) is 4.98 Å². The Bertz CT molecular complexity index is 1380. The van der Waals surface area contributed by atoms with Gasteiger partial charge < -0.3 is 38.3 Å². The third kappa shape index (κ3) is 9.33. The van der Waals surface area contributed by atoms with E-state index in [1.807, 2.05) is 0 Å². The Morgan fingerprint density at radius 2 is 1.57 bits per heavy atom. The fourth-order valence-electron chi connectivity index (χ4n) is 4.61. The number of aliphatic hydroxyl groups excluding tert-OH is 1. The lowest BCUT2D eigenvalue weighted by molar-refractivity contribution is -0.152. The Hall–Kier alpha value is -2.92. The third-order valence-electron chi connectivity index (χ3n) is 7.59. The van der Waals surface area contributed by atoms with Gasteiger partial charge in [0, 0.05) is 7.11 Å². The maximum atomic E-state index is 14.4. The number of H-pyrrole nitrogens is 1. The van der Waals surface area contributed by atoms with Crippen molar-refractivity contribution in [1.29, 1.82) is 0 Å². The van der Waals surface area contributed by atoms with Crippen LogP contribution >= 0.6 is 7.67 Å². The van der Waals surface area contributed by atoms with Gasteiger partial charge in [-0.1, -0.05) is 27.7 Å². The van der Waals surface area contributed by atoms with Gasteiger partial charge in [0.2, 0.25) is 5.88 Å². The lowest BCUT2D eigenvalue weighted by Crippen LogP contribution is -2.54. The molecule has 2 aromatic heterocycles. The van der Waals surface area contributed by atoms with Crippen LogP contribution in [0.5, 0.6) is 5.88 Å². The molecule has 0 radical (unpaired) electrons. The van der Waals surface area contributed by atoms with E-state index in [0.29, 0.717) is 0 Å². The molecule has 2 aromatic rings. The SMILES string of the molecule is CCOC(=O)[C@@H](NP(=O)(N[C@H](C(=O)OCC)C(C)C)OC[C@@H](OC)C(O)[C@](C)(O)[C@@H](C)n1cnc2c(OC)nc(=O)[nH]c21)C(C)C. The van der Waals surface area contributed by atoms with E-state index in [2.05, 4.69) is 25.1 Å². The van der Waals surface area contributed by atoms with Crippen molar-refractivity contribution in [1.82, 2.24) is 29.7 Å². The number of hydrogen-bond donors (Lipinski definition) is 5. The van der Waals surface area contributed by atoms with Crippen molar-refractivity contribution in [2.45, 2.75) is 91.3 Å². The summed E-state index contributed by atoms with van der Waals surface area (Å²) in [5, 5.41) is 28.4. The Morgan fingerprint density at radius 1 is 1.04 bits per heavy atom. The van der Waals surface area contributed by atoms with Crippen molar-refractivity contribution < 1.29 is 47.8 Å². The van der Waals surface area contributed by atoms with Gasteiger partial charge in [-0.25, -0.2) is 20.0 Å². The van der Waals surface area contributed by atoms with Crippen molar-refractivity contribution in [2.24, 2.45) is 11.8 Å². The molecule has 0 bridgehead atoms. The summed E-state index contributed by atoms with van der Waals surface area (Å²) < 4.78 is 42.6. The molecule has 17 nitrogen and oxygen atoms in total. The number of nitrogens with one attached hydrogen (secondary N) is 3. The summed E-state index contributed by atoms with van der Waals surface area (Å²) in [4.78, 5) is 48.2. The van der Waals surface area contributed by atoms with E-state index in [0.717, 1.165) is 0 Å². The number of fused-ring (bicyclic) bond motifs is 1. The van der Waals surface area contributed by atoms with E-state index in [4.69, 9.17) is 23.5 Å². The van der Waals surface area contributed by atoms with E-state index in [1.54, 1.807) is 48.5 Å². The van der Waals surface area contributed by atoms with Gasteiger partial charge in [0.25, 0.3) is 0 Å². The minimum Gasteiger partial charge on any atom is -0.479 e. The number of aromatic nitrogens is 4. The van der Waals surface area contributed by atoms with E-state index < -0.39 is 79.7 Å². The number of carbonyl (C=O) groups excluding carboxylic acids is 2. The average Bonchev–Trinajstić information content (AvgIpc) is 3.41. The van der Waals surface area contributed by atoms with Gasteiger partial charge >= 0.3 is 25.3 Å². The number of imidazole rings is 1. The molecule has 5 N–H and O–H groups in total. The zero-order valence-electron chi connectivity index (χ0n) is 28.1. The topological polar surface area (TPSA) is 225 Å². The van der Waals surface area contributed by atoms with Crippen molar-refractivity contribution in [3.05, 3.63) is 16.8 Å². The molecular weight excluding hydrogens is 627 g/mol. The van der Waals surface area contributed by atoms with Crippen LogP contribution in [0.2, 0.25) is 0 Å². The zero-order chi connectivity index (χ0) is 35.0. The maximum Gasteiger partial charge on any atom is 0.349 e. The van der Waals surface area contributed by atoms with Gasteiger partial charge in [-0.15, -0.1) is 0 Å². The normalized spacial score (nSPS) is 16.9. The van der Waals surface area contributed by atoms with Crippen LogP contribution in [0.1, 0.15) is 61.4 Å². The maximum absolute atomic E-state index is 14.4. The third-order valence-corrected chi connectivity index (χ3v) is 9.34. The minimum absolute atomic E-state index is 0.0196. The molecule has 0 saturated heterocycles. The van der Waals surface area contributed by atoms with Crippen molar-refractivity contribution in [3.63, 3.8) is 0 Å². The summed E-state index contributed by atoms with van der Waals surface area (Å²) in [6.07, 6.45) is -1.62. The van der Waals surface area contributed by atoms with Crippen molar-refractivity contribution in [3.8, 4) is 5.88 Å². The molecule has 0 aliphatic heterocycles. The molecule has 0 aliphatic rings. The predicted octanol–water partition coefficient (Wildman–Crippen LogP) is 1.30. The highest BCUT2D eigenvalue weighted by Crippen LogP contribution is 2.42. The van der Waals surface area contributed by atoms with Gasteiger partial charge in [-0.05, 0) is 39.5 Å². The Morgan fingerprint density at radius 3 is 2.00 bits per heavy atom. The Labute approximate surface area is 268 Å². The van der Waals surface area contributed by atoms with Crippen LogP contribution in [0.3, 0.4) is 0 Å². The number of rotatable bonds is 19. The summed E-state index contributed by atoms with van der Waals surface area (Å²) in [7, 11) is -1.73. The minimum atomic E-state index is -4.32. The van der Waals surface area contributed by atoms with Gasteiger partial charge in [0.05, 0.1) is 39.3 Å². The van der Waals surface area contributed by atoms with Gasteiger partial charge in [0.1, 0.15) is 35.5 Å². The molecule has 6 atom stereocenters. The Balaban J connectivity index is 2.43. The quantitative estimate of drug-likeness (QED) is 0.104. The molecule has 0 aromatic carbocycles. The molecule has 0 fully saturated rings. The van der Waals surface area contributed by atoms with E-state index in [1.165, 1.54) is 32.0 Å². The molecule has 2 rings (SSSR count). The lowest BCUT2D eigenvalue weighted by Gasteiger charge is -2.39.